The highest BCUT2D eigenvalue weighted by molar-refractivity contribution is 7.99. The zero-order valence-corrected chi connectivity index (χ0v) is 15.5. The van der Waals surface area contributed by atoms with Gasteiger partial charge in [-0.1, -0.05) is 42.4 Å². The largest absolute Gasteiger partial charge is 0.368 e. The second-order valence-corrected chi connectivity index (χ2v) is 6.84. The fraction of sp³-hybridized carbons (Fsp3) is 0.412. The first-order valence-electron chi connectivity index (χ1n) is 8.11. The van der Waals surface area contributed by atoms with Crippen molar-refractivity contribution < 1.29 is 9.59 Å². The first kappa shape index (κ1) is 19.0. The monoisotopic (exact) mass is 361 g/mol. The molecular formula is C17H23N5O2S. The Balaban J connectivity index is 2.21. The van der Waals surface area contributed by atoms with Crippen molar-refractivity contribution in [3.8, 4) is 11.4 Å². The molecular weight excluding hydrogens is 338 g/mol. The van der Waals surface area contributed by atoms with Gasteiger partial charge in [-0.05, 0) is 26.3 Å². The highest BCUT2D eigenvalue weighted by atomic mass is 32.2. The Morgan fingerprint density at radius 2 is 2.12 bits per heavy atom. The Morgan fingerprint density at radius 1 is 1.36 bits per heavy atom. The Morgan fingerprint density at radius 3 is 2.76 bits per heavy atom. The van der Waals surface area contributed by atoms with E-state index in [2.05, 4.69) is 15.5 Å². The minimum Gasteiger partial charge on any atom is -0.368 e. The molecule has 0 radical (unpaired) electrons. The Hall–Kier alpha value is -2.35. The Kier molecular flexibility index (Phi) is 6.58. The van der Waals surface area contributed by atoms with Crippen molar-refractivity contribution >= 4 is 23.6 Å². The van der Waals surface area contributed by atoms with Crippen molar-refractivity contribution in [2.75, 3.05) is 5.75 Å². The predicted molar refractivity (Wildman–Crippen MR) is 98.0 cm³/mol. The van der Waals surface area contributed by atoms with E-state index < -0.39 is 5.91 Å². The normalized spacial score (nSPS) is 12.0. The summed E-state index contributed by atoms with van der Waals surface area (Å²) in [6.07, 6.45) is 0.867. The zero-order valence-electron chi connectivity index (χ0n) is 14.7. The maximum Gasteiger partial charge on any atom is 0.237 e. The van der Waals surface area contributed by atoms with Crippen molar-refractivity contribution in [2.24, 2.45) is 5.73 Å². The molecule has 1 unspecified atom stereocenters. The molecule has 8 heteroatoms. The second-order valence-electron chi connectivity index (χ2n) is 5.89. The molecule has 134 valence electrons. The Labute approximate surface area is 151 Å². The summed E-state index contributed by atoms with van der Waals surface area (Å²) in [5, 5.41) is 11.7. The standard InChI is InChI=1S/C17H23N5O2S/c1-4-12(3)19-15(24)10-25-17-21-20-16(22(17)9-14(18)23)13-7-5-6-11(2)8-13/h5-8,12H,4,9-10H2,1-3H3,(H2,18,23)(H,19,24). The first-order chi connectivity index (χ1) is 11.9. The SMILES string of the molecule is CCC(C)NC(=O)CSc1nnc(-c2cccc(C)c2)n1CC(N)=O. The summed E-state index contributed by atoms with van der Waals surface area (Å²) in [6, 6.07) is 7.89. The van der Waals surface area contributed by atoms with Gasteiger partial charge in [-0.3, -0.25) is 14.2 Å². The number of nitrogens with one attached hydrogen (secondary N) is 1. The fourth-order valence-electron chi connectivity index (χ4n) is 2.24. The van der Waals surface area contributed by atoms with Crippen LogP contribution < -0.4 is 11.1 Å². The number of hydrogen-bond donors (Lipinski definition) is 2. The van der Waals surface area contributed by atoms with Crippen LogP contribution in [-0.2, 0) is 16.1 Å². The number of rotatable bonds is 8. The van der Waals surface area contributed by atoms with Crippen LogP contribution in [0.1, 0.15) is 25.8 Å². The van der Waals surface area contributed by atoms with E-state index in [1.165, 1.54) is 11.8 Å². The van der Waals surface area contributed by atoms with Crippen LogP contribution >= 0.6 is 11.8 Å². The number of aryl methyl sites for hydroxylation is 1. The van der Waals surface area contributed by atoms with Gasteiger partial charge < -0.3 is 11.1 Å². The van der Waals surface area contributed by atoms with Crippen LogP contribution in [0.5, 0.6) is 0 Å². The number of nitrogens with two attached hydrogens (primary N) is 1. The van der Waals surface area contributed by atoms with Crippen molar-refractivity contribution in [3.05, 3.63) is 29.8 Å². The van der Waals surface area contributed by atoms with Crippen LogP contribution in [0.2, 0.25) is 0 Å². The van der Waals surface area contributed by atoms with Crippen molar-refractivity contribution in [1.29, 1.82) is 0 Å². The van der Waals surface area contributed by atoms with Gasteiger partial charge in [0, 0.05) is 11.6 Å². The molecule has 0 bridgehead atoms. The molecule has 1 atom stereocenters. The third-order valence-electron chi connectivity index (χ3n) is 3.66. The molecule has 3 N–H and O–H groups in total. The number of primary amides is 1. The lowest BCUT2D eigenvalue weighted by molar-refractivity contribution is -0.119. The third-order valence-corrected chi connectivity index (χ3v) is 4.63. The molecule has 0 saturated carbocycles. The van der Waals surface area contributed by atoms with Gasteiger partial charge in [-0.25, -0.2) is 0 Å². The average molecular weight is 361 g/mol. The van der Waals surface area contributed by atoms with Crippen LogP contribution in [0.25, 0.3) is 11.4 Å². The minimum atomic E-state index is -0.486. The highest BCUT2D eigenvalue weighted by Gasteiger charge is 2.17. The van der Waals surface area contributed by atoms with E-state index in [9.17, 15) is 9.59 Å². The van der Waals surface area contributed by atoms with E-state index in [0.29, 0.717) is 11.0 Å². The summed E-state index contributed by atoms with van der Waals surface area (Å²) in [6.45, 7) is 5.91. The molecule has 25 heavy (non-hydrogen) atoms. The van der Waals surface area contributed by atoms with Crippen LogP contribution in [0.15, 0.2) is 29.4 Å². The number of thioether (sulfide) groups is 1. The van der Waals surface area contributed by atoms with Crippen molar-refractivity contribution in [3.63, 3.8) is 0 Å². The summed E-state index contributed by atoms with van der Waals surface area (Å²) >= 11 is 1.24. The van der Waals surface area contributed by atoms with Gasteiger partial charge in [-0.15, -0.1) is 10.2 Å². The molecule has 0 aliphatic carbocycles. The van der Waals surface area contributed by atoms with E-state index in [4.69, 9.17) is 5.73 Å². The van der Waals surface area contributed by atoms with E-state index in [1.54, 1.807) is 4.57 Å². The van der Waals surface area contributed by atoms with E-state index in [1.807, 2.05) is 45.0 Å². The minimum absolute atomic E-state index is 0.0361. The van der Waals surface area contributed by atoms with Crippen molar-refractivity contribution in [2.45, 2.75) is 44.9 Å². The first-order valence-corrected chi connectivity index (χ1v) is 9.10. The second kappa shape index (κ2) is 8.66. The van der Waals surface area contributed by atoms with Crippen LogP contribution in [0.3, 0.4) is 0 Å². The van der Waals surface area contributed by atoms with Gasteiger partial charge in [0.25, 0.3) is 0 Å². The quantitative estimate of drug-likeness (QED) is 0.697. The fourth-order valence-corrected chi connectivity index (χ4v) is 2.99. The number of carbonyl (C=O) groups excluding carboxylic acids is 2. The number of aromatic nitrogens is 3. The number of amides is 2. The van der Waals surface area contributed by atoms with Gasteiger partial charge >= 0.3 is 0 Å². The Bertz CT molecular complexity index is 759. The smallest absolute Gasteiger partial charge is 0.237 e. The summed E-state index contributed by atoms with van der Waals surface area (Å²) in [5.74, 6) is 0.201. The predicted octanol–water partition coefficient (Wildman–Crippen LogP) is 1.75. The van der Waals surface area contributed by atoms with Gasteiger partial charge in [-0.2, -0.15) is 0 Å². The lowest BCUT2D eigenvalue weighted by Gasteiger charge is -2.11. The van der Waals surface area contributed by atoms with Crippen molar-refractivity contribution in [1.82, 2.24) is 20.1 Å². The van der Waals surface area contributed by atoms with Gasteiger partial charge in [0.15, 0.2) is 11.0 Å². The maximum absolute atomic E-state index is 12.0. The molecule has 2 amide bonds. The highest BCUT2D eigenvalue weighted by Crippen LogP contribution is 2.24. The summed E-state index contributed by atoms with van der Waals surface area (Å²) in [7, 11) is 0. The van der Waals surface area contributed by atoms with Crippen LogP contribution in [0.4, 0.5) is 0 Å². The molecule has 2 rings (SSSR count). The molecule has 7 nitrogen and oxygen atoms in total. The molecule has 2 aromatic rings. The van der Waals surface area contributed by atoms with Gasteiger partial charge in [0.1, 0.15) is 6.54 Å². The lowest BCUT2D eigenvalue weighted by atomic mass is 10.1. The van der Waals surface area contributed by atoms with Crippen LogP contribution in [0, 0.1) is 6.92 Å². The summed E-state index contributed by atoms with van der Waals surface area (Å²) in [4.78, 5) is 23.4. The molecule has 0 spiro atoms. The summed E-state index contributed by atoms with van der Waals surface area (Å²) in [5.41, 5.74) is 7.29. The van der Waals surface area contributed by atoms with Gasteiger partial charge in [0.2, 0.25) is 11.8 Å². The molecule has 0 fully saturated rings. The number of hydrogen-bond acceptors (Lipinski definition) is 5. The number of nitrogens with zero attached hydrogens (tertiary/aromatic N) is 3. The lowest BCUT2D eigenvalue weighted by Crippen LogP contribution is -2.33. The maximum atomic E-state index is 12.0. The molecule has 0 aliphatic heterocycles. The number of benzene rings is 1. The third kappa shape index (κ3) is 5.32. The zero-order chi connectivity index (χ0) is 18.4. The molecule has 1 aromatic carbocycles. The summed E-state index contributed by atoms with van der Waals surface area (Å²) < 4.78 is 1.65. The molecule has 0 aliphatic rings. The molecule has 1 heterocycles. The molecule has 1 aromatic heterocycles. The van der Waals surface area contributed by atoms with Gasteiger partial charge in [0.05, 0.1) is 5.75 Å². The number of carbonyl (C=O) groups is 2. The van der Waals surface area contributed by atoms with Crippen LogP contribution in [-0.4, -0.2) is 38.4 Å². The average Bonchev–Trinajstić information content (AvgIpc) is 2.94. The van der Waals surface area contributed by atoms with E-state index in [-0.39, 0.29) is 24.2 Å². The topological polar surface area (TPSA) is 103 Å². The van der Waals surface area contributed by atoms with E-state index >= 15 is 0 Å². The molecule has 0 saturated heterocycles. The van der Waals surface area contributed by atoms with E-state index in [0.717, 1.165) is 17.5 Å².